The number of hydrogen-bond donors (Lipinski definition) is 0. The van der Waals surface area contributed by atoms with Gasteiger partial charge in [0.2, 0.25) is 0 Å². The molecule has 0 aliphatic carbocycles. The number of hydrogen-bond acceptors (Lipinski definition) is 3. The van der Waals surface area contributed by atoms with E-state index in [-0.39, 0.29) is 5.91 Å². The van der Waals surface area contributed by atoms with Crippen LogP contribution in [0, 0.1) is 0 Å². The first-order valence-corrected chi connectivity index (χ1v) is 6.77. The van der Waals surface area contributed by atoms with Crippen molar-refractivity contribution in [3.05, 3.63) is 43.7 Å². The summed E-state index contributed by atoms with van der Waals surface area (Å²) in [4.78, 5) is 15.5. The maximum Gasteiger partial charge on any atom is 0.264 e. The average molecular weight is 272 g/mol. The number of nitrogens with zero attached hydrogens (tertiary/aromatic N) is 1. The molecule has 0 saturated carbocycles. The number of carbonyl (C=O) groups excluding carboxylic acids is 1. The SMILES string of the molecule is CN(Cc1cccs1)C(=O)c1ccc(Cl)s1. The van der Waals surface area contributed by atoms with Crippen molar-refractivity contribution < 1.29 is 4.79 Å². The van der Waals surface area contributed by atoms with Crippen LogP contribution < -0.4 is 0 Å². The van der Waals surface area contributed by atoms with E-state index < -0.39 is 0 Å². The van der Waals surface area contributed by atoms with Gasteiger partial charge in [0.25, 0.3) is 5.91 Å². The molecule has 2 rings (SSSR count). The first-order valence-electron chi connectivity index (χ1n) is 4.70. The summed E-state index contributed by atoms with van der Waals surface area (Å²) < 4.78 is 0.646. The van der Waals surface area contributed by atoms with Crippen LogP contribution >= 0.6 is 34.3 Å². The van der Waals surface area contributed by atoms with Crippen LogP contribution in [0.15, 0.2) is 29.6 Å². The van der Waals surface area contributed by atoms with Gasteiger partial charge >= 0.3 is 0 Å². The molecule has 2 aromatic rings. The Morgan fingerprint density at radius 2 is 2.25 bits per heavy atom. The van der Waals surface area contributed by atoms with Crippen LogP contribution in [-0.4, -0.2) is 17.9 Å². The monoisotopic (exact) mass is 271 g/mol. The number of amides is 1. The predicted molar refractivity (Wildman–Crippen MR) is 69.4 cm³/mol. The van der Waals surface area contributed by atoms with Gasteiger partial charge in [-0.15, -0.1) is 22.7 Å². The summed E-state index contributed by atoms with van der Waals surface area (Å²) in [6, 6.07) is 7.52. The van der Waals surface area contributed by atoms with E-state index in [0.717, 1.165) is 0 Å². The third-order valence-electron chi connectivity index (χ3n) is 2.10. The maximum absolute atomic E-state index is 12.0. The van der Waals surface area contributed by atoms with Crippen LogP contribution in [0.1, 0.15) is 14.5 Å². The molecular weight excluding hydrogens is 262 g/mol. The number of halogens is 1. The van der Waals surface area contributed by atoms with Crippen LogP contribution in [0.25, 0.3) is 0 Å². The van der Waals surface area contributed by atoms with E-state index >= 15 is 0 Å². The Labute approximate surface area is 107 Å². The molecule has 84 valence electrons. The molecule has 2 heterocycles. The molecule has 0 radical (unpaired) electrons. The fraction of sp³-hybridized carbons (Fsp3) is 0.182. The zero-order chi connectivity index (χ0) is 11.5. The van der Waals surface area contributed by atoms with E-state index in [9.17, 15) is 4.79 Å². The van der Waals surface area contributed by atoms with Crippen molar-refractivity contribution in [2.45, 2.75) is 6.54 Å². The minimum Gasteiger partial charge on any atom is -0.336 e. The minimum absolute atomic E-state index is 0.0188. The highest BCUT2D eigenvalue weighted by Gasteiger charge is 2.14. The second-order valence-corrected chi connectivity index (χ2v) is 6.09. The summed E-state index contributed by atoms with van der Waals surface area (Å²) in [6.45, 7) is 0.645. The molecule has 0 atom stereocenters. The Balaban J connectivity index is 2.05. The van der Waals surface area contributed by atoms with Gasteiger partial charge in [-0.1, -0.05) is 17.7 Å². The maximum atomic E-state index is 12.0. The highest BCUT2D eigenvalue weighted by atomic mass is 35.5. The lowest BCUT2D eigenvalue weighted by Crippen LogP contribution is -2.24. The Morgan fingerprint density at radius 3 is 2.81 bits per heavy atom. The second kappa shape index (κ2) is 4.99. The van der Waals surface area contributed by atoms with Crippen molar-refractivity contribution in [3.8, 4) is 0 Å². The van der Waals surface area contributed by atoms with Gasteiger partial charge in [0, 0.05) is 11.9 Å². The van der Waals surface area contributed by atoms with Crippen LogP contribution in [0.4, 0.5) is 0 Å². The van der Waals surface area contributed by atoms with Crippen LogP contribution in [0.3, 0.4) is 0 Å². The smallest absolute Gasteiger partial charge is 0.264 e. The van der Waals surface area contributed by atoms with Crippen LogP contribution in [-0.2, 0) is 6.54 Å². The van der Waals surface area contributed by atoms with Crippen LogP contribution in [0.5, 0.6) is 0 Å². The molecule has 0 aromatic carbocycles. The molecule has 0 fully saturated rings. The number of carbonyl (C=O) groups is 1. The van der Waals surface area contributed by atoms with E-state index in [1.807, 2.05) is 17.5 Å². The van der Waals surface area contributed by atoms with Crippen molar-refractivity contribution in [2.75, 3.05) is 7.05 Å². The molecule has 5 heteroatoms. The Hall–Kier alpha value is -0.840. The summed E-state index contributed by atoms with van der Waals surface area (Å²) in [5.41, 5.74) is 0. The van der Waals surface area contributed by atoms with Gasteiger partial charge in [0.1, 0.15) is 0 Å². The second-order valence-electron chi connectivity index (χ2n) is 3.34. The first kappa shape index (κ1) is 11.6. The first-order chi connectivity index (χ1) is 7.66. The van der Waals surface area contributed by atoms with Gasteiger partial charge in [-0.05, 0) is 23.6 Å². The fourth-order valence-electron chi connectivity index (χ4n) is 1.33. The van der Waals surface area contributed by atoms with E-state index in [2.05, 4.69) is 0 Å². The molecule has 2 nitrogen and oxygen atoms in total. The summed E-state index contributed by atoms with van der Waals surface area (Å²) in [5, 5.41) is 2.01. The quantitative estimate of drug-likeness (QED) is 0.833. The zero-order valence-electron chi connectivity index (χ0n) is 8.64. The Kier molecular flexibility index (Phi) is 3.63. The summed E-state index contributed by atoms with van der Waals surface area (Å²) in [6.07, 6.45) is 0. The topological polar surface area (TPSA) is 20.3 Å². The standard InChI is InChI=1S/C11H10ClNOS2/c1-13(7-8-3-2-6-15-8)11(14)9-4-5-10(12)16-9/h2-6H,7H2,1H3. The number of thiophene rings is 2. The molecular formula is C11H10ClNOS2. The van der Waals surface area contributed by atoms with Gasteiger partial charge < -0.3 is 4.90 Å². The van der Waals surface area contributed by atoms with E-state index in [4.69, 9.17) is 11.6 Å². The number of rotatable bonds is 3. The molecule has 0 N–H and O–H groups in total. The van der Waals surface area contributed by atoms with Gasteiger partial charge in [-0.3, -0.25) is 4.79 Å². The lowest BCUT2D eigenvalue weighted by molar-refractivity contribution is 0.0791. The Morgan fingerprint density at radius 1 is 1.44 bits per heavy atom. The summed E-state index contributed by atoms with van der Waals surface area (Å²) in [5.74, 6) is 0.0188. The lowest BCUT2D eigenvalue weighted by Gasteiger charge is -2.14. The summed E-state index contributed by atoms with van der Waals surface area (Å²) >= 11 is 8.77. The Bertz CT molecular complexity index is 478. The third kappa shape index (κ3) is 2.64. The normalized spacial score (nSPS) is 10.4. The molecule has 0 saturated heterocycles. The van der Waals surface area contributed by atoms with Crippen LogP contribution in [0.2, 0.25) is 4.34 Å². The summed E-state index contributed by atoms with van der Waals surface area (Å²) in [7, 11) is 1.80. The molecule has 0 spiro atoms. The molecule has 1 amide bonds. The van der Waals surface area contributed by atoms with E-state index in [1.165, 1.54) is 16.2 Å². The van der Waals surface area contributed by atoms with Gasteiger partial charge in [0.05, 0.1) is 15.8 Å². The molecule has 0 aliphatic rings. The lowest BCUT2D eigenvalue weighted by atomic mass is 10.4. The van der Waals surface area contributed by atoms with Gasteiger partial charge in [0.15, 0.2) is 0 Å². The van der Waals surface area contributed by atoms with Crippen molar-refractivity contribution in [2.24, 2.45) is 0 Å². The predicted octanol–water partition coefficient (Wildman–Crippen LogP) is 3.74. The fourth-order valence-corrected chi connectivity index (χ4v) is 3.12. The van der Waals surface area contributed by atoms with E-state index in [1.54, 1.807) is 35.4 Å². The molecule has 0 unspecified atom stereocenters. The molecule has 0 bridgehead atoms. The van der Waals surface area contributed by atoms with Crippen molar-refractivity contribution in [3.63, 3.8) is 0 Å². The average Bonchev–Trinajstić information content (AvgIpc) is 2.88. The molecule has 0 aliphatic heterocycles. The third-order valence-corrected chi connectivity index (χ3v) is 4.18. The highest BCUT2D eigenvalue weighted by Crippen LogP contribution is 2.23. The van der Waals surface area contributed by atoms with Crippen molar-refractivity contribution in [1.82, 2.24) is 4.90 Å². The highest BCUT2D eigenvalue weighted by molar-refractivity contribution is 7.18. The largest absolute Gasteiger partial charge is 0.336 e. The molecule has 2 aromatic heterocycles. The van der Waals surface area contributed by atoms with Gasteiger partial charge in [-0.25, -0.2) is 0 Å². The van der Waals surface area contributed by atoms with Crippen molar-refractivity contribution >= 4 is 40.2 Å². The molecule has 16 heavy (non-hydrogen) atoms. The zero-order valence-corrected chi connectivity index (χ0v) is 11.0. The van der Waals surface area contributed by atoms with Gasteiger partial charge in [-0.2, -0.15) is 0 Å². The van der Waals surface area contributed by atoms with E-state index in [0.29, 0.717) is 15.8 Å². The van der Waals surface area contributed by atoms with Crippen molar-refractivity contribution in [1.29, 1.82) is 0 Å². The minimum atomic E-state index is 0.0188.